The summed E-state index contributed by atoms with van der Waals surface area (Å²) in [5.74, 6) is 1.13. The van der Waals surface area contributed by atoms with Crippen molar-refractivity contribution in [3.8, 4) is 0 Å². The van der Waals surface area contributed by atoms with Crippen LogP contribution in [0.2, 0.25) is 0 Å². The van der Waals surface area contributed by atoms with Gasteiger partial charge >= 0.3 is 0 Å². The van der Waals surface area contributed by atoms with Crippen LogP contribution in [0.15, 0.2) is 16.7 Å². The lowest BCUT2D eigenvalue weighted by atomic mass is 9.87. The molecule has 0 aliphatic heterocycles. The second kappa shape index (κ2) is 6.25. The van der Waals surface area contributed by atoms with Crippen LogP contribution in [0, 0.1) is 5.41 Å². The Morgan fingerprint density at radius 3 is 2.53 bits per heavy atom. The van der Waals surface area contributed by atoms with E-state index in [0.29, 0.717) is 11.5 Å². The van der Waals surface area contributed by atoms with Crippen LogP contribution in [0.25, 0.3) is 0 Å². The second-order valence-electron chi connectivity index (χ2n) is 5.86. The van der Waals surface area contributed by atoms with Gasteiger partial charge in [-0.2, -0.15) is 0 Å². The third-order valence-corrected chi connectivity index (χ3v) is 3.11. The molecule has 2 heteroatoms. The van der Waals surface area contributed by atoms with Crippen molar-refractivity contribution in [1.82, 2.24) is 5.32 Å². The van der Waals surface area contributed by atoms with E-state index < -0.39 is 0 Å². The number of hydrogen-bond donors (Lipinski definition) is 1. The fourth-order valence-corrected chi connectivity index (χ4v) is 2.14. The third kappa shape index (κ3) is 4.55. The van der Waals surface area contributed by atoms with Crippen molar-refractivity contribution in [3.05, 3.63) is 23.7 Å². The Labute approximate surface area is 106 Å². The molecule has 0 fully saturated rings. The molecule has 0 aliphatic rings. The van der Waals surface area contributed by atoms with Crippen molar-refractivity contribution in [2.75, 3.05) is 6.54 Å². The first-order valence-electron chi connectivity index (χ1n) is 6.77. The van der Waals surface area contributed by atoms with Gasteiger partial charge in [0.1, 0.15) is 5.76 Å². The summed E-state index contributed by atoms with van der Waals surface area (Å²) in [6, 6.07) is 2.56. The summed E-state index contributed by atoms with van der Waals surface area (Å²) in [7, 11) is 0. The summed E-state index contributed by atoms with van der Waals surface area (Å²) in [5, 5.41) is 3.57. The first-order chi connectivity index (χ1) is 7.98. The van der Waals surface area contributed by atoms with E-state index in [4.69, 9.17) is 4.42 Å². The molecule has 1 unspecified atom stereocenters. The molecule has 0 aromatic carbocycles. The van der Waals surface area contributed by atoms with Gasteiger partial charge < -0.3 is 9.73 Å². The highest BCUT2D eigenvalue weighted by molar-refractivity contribution is 5.21. The second-order valence-corrected chi connectivity index (χ2v) is 5.86. The highest BCUT2D eigenvalue weighted by Gasteiger charge is 2.19. The van der Waals surface area contributed by atoms with Gasteiger partial charge in [-0.1, -0.05) is 34.6 Å². The zero-order chi connectivity index (χ0) is 12.9. The summed E-state index contributed by atoms with van der Waals surface area (Å²) < 4.78 is 5.53. The highest BCUT2D eigenvalue weighted by Crippen LogP contribution is 2.29. The number of nitrogens with one attached hydrogen (secondary N) is 1. The molecule has 17 heavy (non-hydrogen) atoms. The van der Waals surface area contributed by atoms with Crippen LogP contribution in [-0.2, 0) is 6.42 Å². The maximum Gasteiger partial charge on any atom is 0.108 e. The van der Waals surface area contributed by atoms with E-state index in [0.717, 1.165) is 18.7 Å². The van der Waals surface area contributed by atoms with Crippen LogP contribution in [0.3, 0.4) is 0 Å². The summed E-state index contributed by atoms with van der Waals surface area (Å²) >= 11 is 0. The molecule has 1 atom stereocenters. The van der Waals surface area contributed by atoms with Crippen molar-refractivity contribution in [3.63, 3.8) is 0 Å². The van der Waals surface area contributed by atoms with Crippen LogP contribution in [0.4, 0.5) is 0 Å². The van der Waals surface area contributed by atoms with E-state index >= 15 is 0 Å². The van der Waals surface area contributed by atoms with Crippen LogP contribution < -0.4 is 5.32 Å². The van der Waals surface area contributed by atoms with Crippen molar-refractivity contribution in [2.24, 2.45) is 5.41 Å². The maximum atomic E-state index is 5.53. The molecular weight excluding hydrogens is 210 g/mol. The molecule has 98 valence electrons. The Morgan fingerprint density at radius 1 is 1.29 bits per heavy atom. The summed E-state index contributed by atoms with van der Waals surface area (Å²) in [5.41, 5.74) is 1.74. The Balaban J connectivity index is 2.71. The Bertz CT molecular complexity index is 322. The molecule has 0 radical (unpaired) electrons. The molecule has 0 bridgehead atoms. The molecule has 0 aliphatic carbocycles. The average Bonchev–Trinajstić information content (AvgIpc) is 2.70. The molecule has 1 heterocycles. The van der Waals surface area contributed by atoms with Gasteiger partial charge in [-0.3, -0.25) is 0 Å². The predicted octanol–water partition coefficient (Wildman–Crippen LogP) is 4.32. The van der Waals surface area contributed by atoms with E-state index in [-0.39, 0.29) is 0 Å². The van der Waals surface area contributed by atoms with Gasteiger partial charge in [-0.15, -0.1) is 0 Å². The standard InChI is InChI=1S/C15H27NO/c1-6-14-12(9-11-17-14)13(16-7-2)8-10-15(3,4)5/h9,11,13,16H,6-8,10H2,1-5H3. The van der Waals surface area contributed by atoms with Crippen molar-refractivity contribution in [1.29, 1.82) is 0 Å². The zero-order valence-electron chi connectivity index (χ0n) is 12.0. The molecule has 0 saturated heterocycles. The van der Waals surface area contributed by atoms with Gasteiger partial charge in [0, 0.05) is 18.0 Å². The fourth-order valence-electron chi connectivity index (χ4n) is 2.14. The average molecular weight is 237 g/mol. The SMILES string of the molecule is CCNC(CCC(C)(C)C)c1ccoc1CC. The minimum Gasteiger partial charge on any atom is -0.469 e. The van der Waals surface area contributed by atoms with Gasteiger partial charge in [0.25, 0.3) is 0 Å². The lowest BCUT2D eigenvalue weighted by Gasteiger charge is -2.23. The molecule has 1 N–H and O–H groups in total. The smallest absolute Gasteiger partial charge is 0.108 e. The minimum atomic E-state index is 0.393. The predicted molar refractivity (Wildman–Crippen MR) is 73.2 cm³/mol. The molecule has 1 aromatic rings. The molecule has 1 rings (SSSR count). The van der Waals surface area contributed by atoms with Gasteiger partial charge in [0.15, 0.2) is 0 Å². The summed E-state index contributed by atoms with van der Waals surface area (Å²) in [4.78, 5) is 0. The molecule has 1 aromatic heterocycles. The van der Waals surface area contributed by atoms with Gasteiger partial charge in [-0.05, 0) is 30.9 Å². The normalized spacial score (nSPS) is 13.9. The molecule has 0 spiro atoms. The van der Waals surface area contributed by atoms with Crippen LogP contribution in [0.5, 0.6) is 0 Å². The quantitative estimate of drug-likeness (QED) is 0.797. The highest BCUT2D eigenvalue weighted by atomic mass is 16.3. The maximum absolute atomic E-state index is 5.53. The van der Waals surface area contributed by atoms with Crippen LogP contribution >= 0.6 is 0 Å². The lowest BCUT2D eigenvalue weighted by Crippen LogP contribution is -2.23. The van der Waals surface area contributed by atoms with E-state index in [2.05, 4.69) is 46.0 Å². The zero-order valence-corrected chi connectivity index (χ0v) is 12.0. The molecule has 2 nitrogen and oxygen atoms in total. The van der Waals surface area contributed by atoms with E-state index in [1.54, 1.807) is 0 Å². The lowest BCUT2D eigenvalue weighted by molar-refractivity contribution is 0.332. The summed E-state index contributed by atoms with van der Waals surface area (Å²) in [6.45, 7) is 12.2. The first kappa shape index (κ1) is 14.3. The Kier molecular flexibility index (Phi) is 5.26. The van der Waals surface area contributed by atoms with Crippen molar-refractivity contribution >= 4 is 0 Å². The van der Waals surface area contributed by atoms with E-state index in [9.17, 15) is 0 Å². The monoisotopic (exact) mass is 237 g/mol. The van der Waals surface area contributed by atoms with Gasteiger partial charge in [0.2, 0.25) is 0 Å². The van der Waals surface area contributed by atoms with Crippen molar-refractivity contribution in [2.45, 2.75) is 59.9 Å². The van der Waals surface area contributed by atoms with E-state index in [1.165, 1.54) is 18.4 Å². The Morgan fingerprint density at radius 2 is 2.00 bits per heavy atom. The third-order valence-electron chi connectivity index (χ3n) is 3.11. The molecule has 0 saturated carbocycles. The van der Waals surface area contributed by atoms with Crippen LogP contribution in [0.1, 0.15) is 64.8 Å². The largest absolute Gasteiger partial charge is 0.469 e. The van der Waals surface area contributed by atoms with Gasteiger partial charge in [-0.25, -0.2) is 0 Å². The number of rotatable bonds is 6. The van der Waals surface area contributed by atoms with Gasteiger partial charge in [0.05, 0.1) is 6.26 Å². The fraction of sp³-hybridized carbons (Fsp3) is 0.733. The van der Waals surface area contributed by atoms with E-state index in [1.807, 2.05) is 6.26 Å². The minimum absolute atomic E-state index is 0.393. The molecular formula is C15H27NO. The topological polar surface area (TPSA) is 25.2 Å². The number of aryl methyl sites for hydroxylation is 1. The number of hydrogen-bond acceptors (Lipinski definition) is 2. The molecule has 0 amide bonds. The van der Waals surface area contributed by atoms with Crippen LogP contribution in [-0.4, -0.2) is 6.54 Å². The first-order valence-corrected chi connectivity index (χ1v) is 6.77. The summed E-state index contributed by atoms with van der Waals surface area (Å²) in [6.07, 6.45) is 5.18. The number of furan rings is 1. The van der Waals surface area contributed by atoms with Crippen molar-refractivity contribution < 1.29 is 4.42 Å². The Hall–Kier alpha value is -0.760.